The first kappa shape index (κ1) is 18.8. The highest BCUT2D eigenvalue weighted by atomic mass is 16.6. The summed E-state index contributed by atoms with van der Waals surface area (Å²) in [7, 11) is 1.61. The maximum absolute atomic E-state index is 13.1. The van der Waals surface area contributed by atoms with Crippen LogP contribution in [0.2, 0.25) is 0 Å². The quantitative estimate of drug-likeness (QED) is 0.468. The number of imide groups is 1. The molecule has 3 aliphatic rings. The Kier molecular flexibility index (Phi) is 3.69. The van der Waals surface area contributed by atoms with Crippen molar-refractivity contribution in [1.82, 2.24) is 20.5 Å². The Balaban J connectivity index is 1.42. The highest BCUT2D eigenvalue weighted by Gasteiger charge is 2.61. The number of methoxy groups -OCH3 is 1. The predicted octanol–water partition coefficient (Wildman–Crippen LogP) is 1.44. The average molecular weight is 431 g/mol. The number of pyridine rings is 1. The average Bonchev–Trinajstić information content (AvgIpc) is 3.28. The van der Waals surface area contributed by atoms with Crippen molar-refractivity contribution in [2.75, 3.05) is 20.3 Å². The number of aromatic nitrogens is 1. The molecule has 5 heterocycles. The lowest BCUT2D eigenvalue weighted by atomic mass is 9.94. The second-order valence-corrected chi connectivity index (χ2v) is 8.07. The van der Waals surface area contributed by atoms with Crippen LogP contribution in [-0.2, 0) is 27.3 Å². The predicted molar refractivity (Wildman–Crippen MR) is 108 cm³/mol. The van der Waals surface area contributed by atoms with Crippen LogP contribution in [0.15, 0.2) is 40.8 Å². The molecule has 160 valence electrons. The number of carbonyl (C=O) groups is 2. The van der Waals surface area contributed by atoms with Crippen molar-refractivity contribution in [3.05, 3.63) is 59.0 Å². The molecule has 10 heteroatoms. The summed E-state index contributed by atoms with van der Waals surface area (Å²) in [6.45, 7) is 1.11. The molecule has 6 rings (SSSR count). The fourth-order valence-corrected chi connectivity index (χ4v) is 4.61. The van der Waals surface area contributed by atoms with Crippen molar-refractivity contribution in [2.45, 2.75) is 17.8 Å². The van der Waals surface area contributed by atoms with Crippen molar-refractivity contribution in [3.63, 3.8) is 0 Å². The number of ether oxygens (including phenoxy) is 2. The molecular formula is C22H17N5O5. The van der Waals surface area contributed by atoms with E-state index in [2.05, 4.69) is 15.6 Å². The Morgan fingerprint density at radius 1 is 1.28 bits per heavy atom. The van der Waals surface area contributed by atoms with Crippen LogP contribution >= 0.6 is 0 Å². The summed E-state index contributed by atoms with van der Waals surface area (Å²) in [5.74, 6) is 0.438. The molecule has 32 heavy (non-hydrogen) atoms. The van der Waals surface area contributed by atoms with Gasteiger partial charge < -0.3 is 19.2 Å². The molecule has 2 aromatic heterocycles. The van der Waals surface area contributed by atoms with Gasteiger partial charge >= 0.3 is 6.03 Å². The number of furan rings is 1. The first-order valence-corrected chi connectivity index (χ1v) is 9.99. The normalized spacial score (nSPS) is 26.1. The van der Waals surface area contributed by atoms with E-state index in [0.29, 0.717) is 24.3 Å². The Morgan fingerprint density at radius 3 is 2.81 bits per heavy atom. The fourth-order valence-electron chi connectivity index (χ4n) is 4.61. The topological polar surface area (TPSA) is 133 Å². The van der Waals surface area contributed by atoms with E-state index in [-0.39, 0.29) is 18.0 Å². The van der Waals surface area contributed by atoms with Crippen molar-refractivity contribution in [1.29, 1.82) is 5.26 Å². The van der Waals surface area contributed by atoms with Crippen LogP contribution in [0.25, 0.3) is 11.1 Å². The minimum absolute atomic E-state index is 0.118. The number of carbonyl (C=O) groups excluding carboxylic acids is 2. The summed E-state index contributed by atoms with van der Waals surface area (Å²) >= 11 is 0. The molecule has 0 radical (unpaired) electrons. The standard InChI is InChI=1S/C22H17N5O5/c1-30-14-4-2-12-9-27(22(11-31-22)15(12)6-14)10-21(19(28)25-20(29)26-21)18-7-16-17(32-18)5-3-13(8-23)24-16/h2-7H,9-11H2,1H3,(H2,25,26,28,29). The van der Waals surface area contributed by atoms with Gasteiger partial charge in [0.25, 0.3) is 5.91 Å². The van der Waals surface area contributed by atoms with Crippen LogP contribution < -0.4 is 15.4 Å². The largest absolute Gasteiger partial charge is 0.497 e. The highest BCUT2D eigenvalue weighted by Crippen LogP contribution is 2.51. The lowest BCUT2D eigenvalue weighted by Gasteiger charge is -2.31. The van der Waals surface area contributed by atoms with Gasteiger partial charge in [0.2, 0.25) is 0 Å². The molecule has 1 spiro atoms. The van der Waals surface area contributed by atoms with Crippen LogP contribution in [0.1, 0.15) is 22.6 Å². The van der Waals surface area contributed by atoms with E-state index in [1.807, 2.05) is 29.2 Å². The zero-order chi connectivity index (χ0) is 22.1. The molecule has 2 saturated heterocycles. The van der Waals surface area contributed by atoms with E-state index < -0.39 is 23.2 Å². The molecular weight excluding hydrogens is 414 g/mol. The molecule has 2 atom stereocenters. The summed E-state index contributed by atoms with van der Waals surface area (Å²) in [5.41, 5.74) is 0.972. The number of nitriles is 1. The SMILES string of the molecule is COc1ccc2c(c1)C1(CO1)N(CC1(c3cc4nc(C#N)ccc4o3)NC(=O)NC1=O)C2. The van der Waals surface area contributed by atoms with Crippen LogP contribution in [0.5, 0.6) is 5.75 Å². The zero-order valence-electron chi connectivity index (χ0n) is 17.0. The number of epoxide rings is 1. The van der Waals surface area contributed by atoms with Crippen LogP contribution in [0.3, 0.4) is 0 Å². The monoisotopic (exact) mass is 431 g/mol. The lowest BCUT2D eigenvalue weighted by Crippen LogP contribution is -2.53. The first-order valence-electron chi connectivity index (χ1n) is 9.99. The summed E-state index contributed by atoms with van der Waals surface area (Å²) in [5, 5.41) is 14.2. The molecule has 0 bridgehead atoms. The third-order valence-corrected chi connectivity index (χ3v) is 6.31. The number of hydrogen-bond acceptors (Lipinski definition) is 8. The third kappa shape index (κ3) is 2.49. The molecule has 2 unspecified atom stereocenters. The van der Waals surface area contributed by atoms with Gasteiger partial charge in [-0.1, -0.05) is 6.07 Å². The van der Waals surface area contributed by atoms with Crippen LogP contribution in [0.4, 0.5) is 4.79 Å². The van der Waals surface area contributed by atoms with Gasteiger partial charge in [0.05, 0.1) is 13.7 Å². The Bertz CT molecular complexity index is 1350. The second-order valence-electron chi connectivity index (χ2n) is 8.07. The van der Waals surface area contributed by atoms with E-state index >= 15 is 0 Å². The Labute approximate surface area is 181 Å². The van der Waals surface area contributed by atoms with Gasteiger partial charge in [0.15, 0.2) is 16.8 Å². The molecule has 2 N–H and O–H groups in total. The van der Waals surface area contributed by atoms with Gasteiger partial charge in [-0.3, -0.25) is 15.0 Å². The van der Waals surface area contributed by atoms with Gasteiger partial charge in [-0.15, -0.1) is 0 Å². The van der Waals surface area contributed by atoms with Gasteiger partial charge in [-0.2, -0.15) is 5.26 Å². The van der Waals surface area contributed by atoms with E-state index in [1.54, 1.807) is 19.2 Å². The highest BCUT2D eigenvalue weighted by molar-refractivity contribution is 6.07. The molecule has 3 aromatic rings. The maximum Gasteiger partial charge on any atom is 0.322 e. The summed E-state index contributed by atoms with van der Waals surface area (Å²) in [4.78, 5) is 31.5. The number of benzene rings is 1. The minimum atomic E-state index is -1.48. The number of hydrogen-bond donors (Lipinski definition) is 2. The number of nitrogens with zero attached hydrogens (tertiary/aromatic N) is 3. The number of fused-ring (bicyclic) bond motifs is 3. The first-order chi connectivity index (χ1) is 15.5. The van der Waals surface area contributed by atoms with Crippen molar-refractivity contribution in [3.8, 4) is 11.8 Å². The molecule has 2 fully saturated rings. The third-order valence-electron chi connectivity index (χ3n) is 6.31. The number of amides is 3. The number of urea groups is 1. The zero-order valence-corrected chi connectivity index (χ0v) is 17.0. The molecule has 3 aliphatic heterocycles. The molecule has 0 aliphatic carbocycles. The summed E-state index contributed by atoms with van der Waals surface area (Å²) < 4.78 is 17.2. The van der Waals surface area contributed by atoms with Gasteiger partial charge in [-0.05, 0) is 29.8 Å². The van der Waals surface area contributed by atoms with E-state index in [4.69, 9.17) is 19.2 Å². The van der Waals surface area contributed by atoms with Crippen molar-refractivity contribution < 1.29 is 23.5 Å². The minimum Gasteiger partial charge on any atom is -0.497 e. The molecule has 0 saturated carbocycles. The van der Waals surface area contributed by atoms with Crippen LogP contribution in [0, 0.1) is 11.3 Å². The van der Waals surface area contributed by atoms with E-state index in [1.165, 1.54) is 6.07 Å². The van der Waals surface area contributed by atoms with Crippen LogP contribution in [-0.4, -0.2) is 42.1 Å². The Morgan fingerprint density at radius 2 is 2.12 bits per heavy atom. The summed E-state index contributed by atoms with van der Waals surface area (Å²) in [6.07, 6.45) is 0. The summed E-state index contributed by atoms with van der Waals surface area (Å²) in [6, 6.07) is 11.9. The second kappa shape index (κ2) is 6.29. The van der Waals surface area contributed by atoms with Gasteiger partial charge in [-0.25, -0.2) is 9.78 Å². The van der Waals surface area contributed by atoms with Crippen molar-refractivity contribution in [2.24, 2.45) is 0 Å². The molecule has 10 nitrogen and oxygen atoms in total. The number of rotatable bonds is 4. The lowest BCUT2D eigenvalue weighted by molar-refractivity contribution is -0.126. The van der Waals surface area contributed by atoms with E-state index in [9.17, 15) is 9.59 Å². The Hall–Kier alpha value is -3.94. The van der Waals surface area contributed by atoms with Crippen molar-refractivity contribution >= 4 is 23.0 Å². The maximum atomic E-state index is 13.1. The fraction of sp³-hybridized carbons (Fsp3) is 0.273. The smallest absolute Gasteiger partial charge is 0.322 e. The van der Waals surface area contributed by atoms with Gasteiger partial charge in [0.1, 0.15) is 28.8 Å². The molecule has 1 aromatic carbocycles. The van der Waals surface area contributed by atoms with E-state index in [0.717, 1.165) is 16.9 Å². The molecule has 3 amide bonds. The number of nitrogens with one attached hydrogen (secondary N) is 2. The van der Waals surface area contributed by atoms with Gasteiger partial charge in [0, 0.05) is 24.7 Å².